The van der Waals surface area contributed by atoms with E-state index in [9.17, 15) is 4.79 Å². The largest absolute Gasteiger partial charge is 0.490 e. The summed E-state index contributed by atoms with van der Waals surface area (Å²) in [6, 6.07) is 8.19. The van der Waals surface area contributed by atoms with Crippen molar-refractivity contribution in [1.82, 2.24) is 5.32 Å². The number of fused-ring (bicyclic) bond motifs is 5. The number of amides is 1. The molecule has 3 unspecified atom stereocenters. The van der Waals surface area contributed by atoms with Crippen LogP contribution in [0.1, 0.15) is 65.7 Å². The summed E-state index contributed by atoms with van der Waals surface area (Å²) in [4.78, 5) is 12.1. The van der Waals surface area contributed by atoms with Crippen LogP contribution in [-0.2, 0) is 4.79 Å². The van der Waals surface area contributed by atoms with E-state index in [4.69, 9.17) is 16.3 Å². The van der Waals surface area contributed by atoms with Crippen molar-refractivity contribution in [3.63, 3.8) is 0 Å². The second kappa shape index (κ2) is 6.90. The second-order valence-electron chi connectivity index (χ2n) is 11.0. The predicted octanol–water partition coefficient (Wildman–Crippen LogP) is 5.85. The molecule has 1 aromatic rings. The number of rotatable bonds is 2. The van der Waals surface area contributed by atoms with E-state index in [0.29, 0.717) is 29.9 Å². The number of piperidine rings is 1. The number of hydrogen-bond donors (Lipinski definition) is 1. The lowest BCUT2D eigenvalue weighted by atomic mass is 9.45. The van der Waals surface area contributed by atoms with Crippen LogP contribution < -0.4 is 10.1 Å². The maximum atomic E-state index is 12.1. The van der Waals surface area contributed by atoms with Gasteiger partial charge < -0.3 is 10.1 Å². The van der Waals surface area contributed by atoms with E-state index in [1.807, 2.05) is 24.3 Å². The molecule has 29 heavy (non-hydrogen) atoms. The van der Waals surface area contributed by atoms with Crippen LogP contribution in [0.5, 0.6) is 5.75 Å². The number of halogens is 1. The first-order chi connectivity index (χ1) is 13.8. The fraction of sp³-hybridized carbons (Fsp3) is 0.720. The third-order valence-electron chi connectivity index (χ3n) is 9.31. The number of carbonyl (C=O) groups excluding carboxylic acids is 1. The Balaban J connectivity index is 1.38. The summed E-state index contributed by atoms with van der Waals surface area (Å²) in [5, 5.41) is 4.12. The Morgan fingerprint density at radius 2 is 1.86 bits per heavy atom. The van der Waals surface area contributed by atoms with Gasteiger partial charge in [0.25, 0.3) is 0 Å². The molecule has 1 aromatic carbocycles. The van der Waals surface area contributed by atoms with Crippen LogP contribution in [0.15, 0.2) is 24.3 Å². The molecule has 1 aliphatic heterocycles. The quantitative estimate of drug-likeness (QED) is 0.657. The number of nitrogens with one attached hydrogen (secondary N) is 1. The summed E-state index contributed by atoms with van der Waals surface area (Å²) in [7, 11) is 0. The molecule has 0 spiro atoms. The third-order valence-corrected chi connectivity index (χ3v) is 9.56. The fourth-order valence-corrected chi connectivity index (χ4v) is 7.96. The van der Waals surface area contributed by atoms with Gasteiger partial charge in [0.1, 0.15) is 5.75 Å². The molecule has 1 heterocycles. The minimum Gasteiger partial charge on any atom is -0.490 e. The van der Waals surface area contributed by atoms with Crippen molar-refractivity contribution in [2.45, 2.75) is 77.9 Å². The zero-order valence-electron chi connectivity index (χ0n) is 17.9. The molecule has 3 aliphatic carbocycles. The third kappa shape index (κ3) is 3.19. The van der Waals surface area contributed by atoms with Gasteiger partial charge in [-0.15, -0.1) is 0 Å². The standard InChI is InChI=1S/C25H34ClNO2/c1-15-12-21-25(3,11-9-22(28)27-21)19-8-10-24(2)14-18(13-20(24)23(15)19)29-17-6-4-16(26)5-7-17/h4-7,15,18-21,23H,8-14H2,1-3H3,(H,27,28)/t15?,18?,19-,20+,21?,23-,24-,25-/m1/s1. The van der Waals surface area contributed by atoms with Gasteiger partial charge in [0.2, 0.25) is 5.91 Å². The van der Waals surface area contributed by atoms with E-state index in [1.54, 1.807) is 0 Å². The number of benzene rings is 1. The number of ether oxygens (including phenoxy) is 1. The molecule has 1 N–H and O–H groups in total. The van der Waals surface area contributed by atoms with Crippen molar-refractivity contribution in [1.29, 1.82) is 0 Å². The molecule has 3 saturated carbocycles. The number of hydrogen-bond acceptors (Lipinski definition) is 2. The molecule has 1 saturated heterocycles. The van der Waals surface area contributed by atoms with E-state index >= 15 is 0 Å². The van der Waals surface area contributed by atoms with Crippen LogP contribution in [-0.4, -0.2) is 18.1 Å². The van der Waals surface area contributed by atoms with E-state index in [2.05, 4.69) is 26.1 Å². The van der Waals surface area contributed by atoms with Gasteiger partial charge in [-0.05, 0) is 97.3 Å². The maximum Gasteiger partial charge on any atom is 0.220 e. The minimum atomic E-state index is 0.260. The van der Waals surface area contributed by atoms with Crippen LogP contribution in [0.4, 0.5) is 0 Å². The summed E-state index contributed by atoms with van der Waals surface area (Å²) in [6.45, 7) is 7.43. The SMILES string of the molecule is CC1CC2NC(=O)CC[C@]2(C)[C@@H]2CC[C@]3(C)CC(Oc4ccc(Cl)cc4)C[C@H]3[C@H]12. The Hall–Kier alpha value is -1.22. The number of carbonyl (C=O) groups is 1. The van der Waals surface area contributed by atoms with Gasteiger partial charge in [0.05, 0.1) is 6.10 Å². The van der Waals surface area contributed by atoms with Gasteiger partial charge in [0.15, 0.2) is 0 Å². The molecule has 158 valence electrons. The molecule has 4 heteroatoms. The van der Waals surface area contributed by atoms with Crippen LogP contribution in [0.2, 0.25) is 5.02 Å². The van der Waals surface area contributed by atoms with Gasteiger partial charge in [-0.25, -0.2) is 0 Å². The normalized spacial score (nSPS) is 46.3. The Morgan fingerprint density at radius 3 is 2.62 bits per heavy atom. The Bertz CT molecular complexity index is 795. The molecule has 4 aliphatic rings. The first kappa shape index (κ1) is 19.7. The summed E-state index contributed by atoms with van der Waals surface area (Å²) >= 11 is 6.04. The van der Waals surface area contributed by atoms with Crippen molar-refractivity contribution in [2.24, 2.45) is 34.5 Å². The lowest BCUT2D eigenvalue weighted by molar-refractivity contribution is -0.141. The van der Waals surface area contributed by atoms with Crippen molar-refractivity contribution in [3.8, 4) is 5.75 Å². The smallest absolute Gasteiger partial charge is 0.220 e. The van der Waals surface area contributed by atoms with Crippen LogP contribution >= 0.6 is 11.6 Å². The van der Waals surface area contributed by atoms with Gasteiger partial charge >= 0.3 is 0 Å². The average Bonchev–Trinajstić information content (AvgIpc) is 3.01. The first-order valence-electron chi connectivity index (χ1n) is 11.5. The molecule has 8 atom stereocenters. The Morgan fingerprint density at radius 1 is 1.10 bits per heavy atom. The van der Waals surface area contributed by atoms with Crippen LogP contribution in [0.25, 0.3) is 0 Å². The summed E-state index contributed by atoms with van der Waals surface area (Å²) < 4.78 is 6.43. The second-order valence-corrected chi connectivity index (χ2v) is 11.4. The maximum absolute atomic E-state index is 12.1. The molecule has 5 rings (SSSR count). The summed E-state index contributed by atoms with van der Waals surface area (Å²) in [5.41, 5.74) is 0.648. The fourth-order valence-electron chi connectivity index (χ4n) is 7.84. The van der Waals surface area contributed by atoms with E-state index in [-0.39, 0.29) is 11.3 Å². The van der Waals surface area contributed by atoms with Crippen molar-refractivity contribution in [3.05, 3.63) is 29.3 Å². The molecular formula is C25H34ClNO2. The molecular weight excluding hydrogens is 382 g/mol. The van der Waals surface area contributed by atoms with E-state index < -0.39 is 0 Å². The Kier molecular flexibility index (Phi) is 4.70. The zero-order valence-corrected chi connectivity index (χ0v) is 18.7. The summed E-state index contributed by atoms with van der Waals surface area (Å²) in [6.07, 6.45) is 8.12. The summed E-state index contributed by atoms with van der Waals surface area (Å²) in [5.74, 6) is 4.07. The highest BCUT2D eigenvalue weighted by atomic mass is 35.5. The average molecular weight is 416 g/mol. The molecule has 4 fully saturated rings. The van der Waals surface area contributed by atoms with Crippen molar-refractivity contribution < 1.29 is 9.53 Å². The van der Waals surface area contributed by atoms with Gasteiger partial charge in [-0.3, -0.25) is 4.79 Å². The molecule has 3 nitrogen and oxygen atoms in total. The lowest BCUT2D eigenvalue weighted by Gasteiger charge is -2.61. The highest BCUT2D eigenvalue weighted by Gasteiger charge is 2.61. The van der Waals surface area contributed by atoms with Crippen molar-refractivity contribution >= 4 is 17.5 Å². The van der Waals surface area contributed by atoms with Gasteiger partial charge in [-0.2, -0.15) is 0 Å². The topological polar surface area (TPSA) is 38.3 Å². The molecule has 0 bridgehead atoms. The first-order valence-corrected chi connectivity index (χ1v) is 11.9. The molecule has 0 radical (unpaired) electrons. The molecule has 1 amide bonds. The van der Waals surface area contributed by atoms with Gasteiger partial charge in [-0.1, -0.05) is 32.4 Å². The van der Waals surface area contributed by atoms with Crippen LogP contribution in [0, 0.1) is 34.5 Å². The van der Waals surface area contributed by atoms with Gasteiger partial charge in [0, 0.05) is 17.5 Å². The highest BCUT2D eigenvalue weighted by Crippen LogP contribution is 2.65. The predicted molar refractivity (Wildman–Crippen MR) is 116 cm³/mol. The van der Waals surface area contributed by atoms with Crippen molar-refractivity contribution in [2.75, 3.05) is 0 Å². The monoisotopic (exact) mass is 415 g/mol. The van der Waals surface area contributed by atoms with E-state index in [1.165, 1.54) is 12.8 Å². The van der Waals surface area contributed by atoms with Crippen LogP contribution in [0.3, 0.4) is 0 Å². The Labute approximate surface area is 179 Å². The lowest BCUT2D eigenvalue weighted by Crippen LogP contribution is -2.62. The highest BCUT2D eigenvalue weighted by molar-refractivity contribution is 6.30. The minimum absolute atomic E-state index is 0.260. The zero-order chi connectivity index (χ0) is 20.4. The molecule has 0 aromatic heterocycles. The van der Waals surface area contributed by atoms with E-state index in [0.717, 1.165) is 54.2 Å².